The molecule has 0 radical (unpaired) electrons. The average molecular weight is 177 g/mol. The highest BCUT2D eigenvalue weighted by Crippen LogP contribution is 2.07. The van der Waals surface area contributed by atoms with Crippen LogP contribution in [0.15, 0.2) is 35.5 Å². The van der Waals surface area contributed by atoms with Crippen LogP contribution in [-0.4, -0.2) is 10.9 Å². The molecule has 1 aromatic carbocycles. The van der Waals surface area contributed by atoms with E-state index in [4.69, 9.17) is 5.21 Å². The number of rotatable bonds is 4. The second-order valence-corrected chi connectivity index (χ2v) is 3.02. The fraction of sp³-hybridized carbons (Fsp3) is 0.364. The number of hydrogen-bond acceptors (Lipinski definition) is 2. The summed E-state index contributed by atoms with van der Waals surface area (Å²) in [5, 5.41) is 12.1. The van der Waals surface area contributed by atoms with Crippen molar-refractivity contribution in [1.82, 2.24) is 0 Å². The molecule has 1 rings (SSSR count). The van der Waals surface area contributed by atoms with Crippen molar-refractivity contribution in [2.24, 2.45) is 5.16 Å². The Morgan fingerprint density at radius 1 is 1.31 bits per heavy atom. The Bertz CT molecular complexity index is 267. The lowest BCUT2D eigenvalue weighted by atomic mass is 10.1. The Labute approximate surface area is 78.9 Å². The zero-order chi connectivity index (χ0) is 9.52. The minimum atomic E-state index is 0.780. The van der Waals surface area contributed by atoms with Gasteiger partial charge in [-0.05, 0) is 18.4 Å². The van der Waals surface area contributed by atoms with Gasteiger partial charge in [-0.2, -0.15) is 0 Å². The van der Waals surface area contributed by atoms with Crippen molar-refractivity contribution in [3.63, 3.8) is 0 Å². The molecule has 1 N–H and O–H groups in total. The van der Waals surface area contributed by atoms with Crippen LogP contribution in [0.25, 0.3) is 0 Å². The van der Waals surface area contributed by atoms with Crippen LogP contribution >= 0.6 is 0 Å². The van der Waals surface area contributed by atoms with Crippen molar-refractivity contribution in [2.45, 2.75) is 26.2 Å². The molecule has 0 atom stereocenters. The fourth-order valence-corrected chi connectivity index (χ4v) is 1.23. The van der Waals surface area contributed by atoms with Gasteiger partial charge in [-0.25, -0.2) is 0 Å². The molecule has 1 aromatic rings. The molecule has 0 heterocycles. The molecule has 0 saturated heterocycles. The minimum Gasteiger partial charge on any atom is -0.411 e. The molecule has 13 heavy (non-hydrogen) atoms. The smallest absolute Gasteiger partial charge is 0.0867 e. The second kappa shape index (κ2) is 5.36. The Balaban J connectivity index is 2.69. The van der Waals surface area contributed by atoms with E-state index in [-0.39, 0.29) is 0 Å². The van der Waals surface area contributed by atoms with Crippen molar-refractivity contribution < 1.29 is 5.21 Å². The molecular weight excluding hydrogens is 162 g/mol. The monoisotopic (exact) mass is 177 g/mol. The second-order valence-electron chi connectivity index (χ2n) is 3.02. The van der Waals surface area contributed by atoms with Crippen LogP contribution in [0.1, 0.15) is 31.7 Å². The van der Waals surface area contributed by atoms with Crippen LogP contribution in [0.3, 0.4) is 0 Å². The maximum Gasteiger partial charge on any atom is 0.0867 e. The minimum absolute atomic E-state index is 0.780. The van der Waals surface area contributed by atoms with Crippen LogP contribution in [-0.2, 0) is 0 Å². The number of oxime groups is 1. The summed E-state index contributed by atoms with van der Waals surface area (Å²) in [7, 11) is 0. The molecule has 0 spiro atoms. The Morgan fingerprint density at radius 3 is 2.54 bits per heavy atom. The topological polar surface area (TPSA) is 32.6 Å². The molecule has 0 saturated carbocycles. The predicted molar refractivity (Wildman–Crippen MR) is 54.3 cm³/mol. The van der Waals surface area contributed by atoms with Crippen molar-refractivity contribution in [3.8, 4) is 0 Å². The van der Waals surface area contributed by atoms with Crippen molar-refractivity contribution >= 4 is 5.71 Å². The zero-order valence-electron chi connectivity index (χ0n) is 7.90. The van der Waals surface area contributed by atoms with Gasteiger partial charge in [-0.1, -0.05) is 48.8 Å². The van der Waals surface area contributed by atoms with E-state index >= 15 is 0 Å². The van der Waals surface area contributed by atoms with Gasteiger partial charge in [0.15, 0.2) is 0 Å². The van der Waals surface area contributed by atoms with E-state index in [1.807, 2.05) is 30.3 Å². The first-order valence-corrected chi connectivity index (χ1v) is 4.64. The van der Waals surface area contributed by atoms with Crippen molar-refractivity contribution in [2.75, 3.05) is 0 Å². The molecule has 0 aliphatic rings. The molecule has 0 aromatic heterocycles. The standard InChI is InChI=1S/C11H15NO/c1-2-3-9-11(12-13)10-7-5-4-6-8-10/h4-8,13H,2-3,9H2,1H3/b12-11+. The van der Waals surface area contributed by atoms with Crippen LogP contribution in [0.4, 0.5) is 0 Å². The molecule has 0 unspecified atom stereocenters. The maximum absolute atomic E-state index is 8.79. The lowest BCUT2D eigenvalue weighted by Crippen LogP contribution is -2.00. The predicted octanol–water partition coefficient (Wildman–Crippen LogP) is 3.06. The third kappa shape index (κ3) is 2.90. The molecule has 0 aliphatic heterocycles. The number of benzene rings is 1. The van der Waals surface area contributed by atoms with E-state index in [1.165, 1.54) is 0 Å². The summed E-state index contributed by atoms with van der Waals surface area (Å²) in [6.45, 7) is 2.12. The lowest BCUT2D eigenvalue weighted by molar-refractivity contribution is 0.318. The van der Waals surface area contributed by atoms with Gasteiger partial charge in [0.2, 0.25) is 0 Å². The molecule has 0 aliphatic carbocycles. The van der Waals surface area contributed by atoms with E-state index < -0.39 is 0 Å². The molecule has 0 amide bonds. The molecular formula is C11H15NO. The third-order valence-electron chi connectivity index (χ3n) is 1.99. The summed E-state index contributed by atoms with van der Waals surface area (Å²) >= 11 is 0. The summed E-state index contributed by atoms with van der Waals surface area (Å²) in [6, 6.07) is 9.78. The van der Waals surface area contributed by atoms with Crippen LogP contribution in [0.2, 0.25) is 0 Å². The van der Waals surface area contributed by atoms with Gasteiger partial charge in [0.05, 0.1) is 5.71 Å². The van der Waals surface area contributed by atoms with Gasteiger partial charge in [0.25, 0.3) is 0 Å². The summed E-state index contributed by atoms with van der Waals surface area (Å²) in [5.41, 5.74) is 1.79. The first-order valence-electron chi connectivity index (χ1n) is 4.64. The van der Waals surface area contributed by atoms with Crippen LogP contribution in [0.5, 0.6) is 0 Å². The first-order chi connectivity index (χ1) is 6.38. The first kappa shape index (κ1) is 9.78. The number of unbranched alkanes of at least 4 members (excludes halogenated alkanes) is 1. The van der Waals surface area contributed by atoms with Gasteiger partial charge < -0.3 is 5.21 Å². The zero-order valence-corrected chi connectivity index (χ0v) is 7.90. The van der Waals surface area contributed by atoms with Gasteiger partial charge in [-0.15, -0.1) is 0 Å². The summed E-state index contributed by atoms with van der Waals surface area (Å²) in [4.78, 5) is 0. The van der Waals surface area contributed by atoms with Gasteiger partial charge in [0.1, 0.15) is 0 Å². The molecule has 0 bridgehead atoms. The molecule has 0 fully saturated rings. The van der Waals surface area contributed by atoms with E-state index in [9.17, 15) is 0 Å². The molecule has 70 valence electrons. The Hall–Kier alpha value is -1.31. The molecule has 2 heteroatoms. The quantitative estimate of drug-likeness (QED) is 0.428. The highest BCUT2D eigenvalue weighted by atomic mass is 16.4. The van der Waals surface area contributed by atoms with E-state index in [1.54, 1.807) is 0 Å². The van der Waals surface area contributed by atoms with Crippen LogP contribution in [0, 0.1) is 0 Å². The Morgan fingerprint density at radius 2 is 2.00 bits per heavy atom. The van der Waals surface area contributed by atoms with Gasteiger partial charge in [0, 0.05) is 0 Å². The van der Waals surface area contributed by atoms with Gasteiger partial charge >= 0.3 is 0 Å². The lowest BCUT2D eigenvalue weighted by Gasteiger charge is -2.02. The fourth-order valence-electron chi connectivity index (χ4n) is 1.23. The van der Waals surface area contributed by atoms with Crippen molar-refractivity contribution in [1.29, 1.82) is 0 Å². The largest absolute Gasteiger partial charge is 0.411 e. The number of hydrogen-bond donors (Lipinski definition) is 1. The van der Waals surface area contributed by atoms with Gasteiger partial charge in [-0.3, -0.25) is 0 Å². The van der Waals surface area contributed by atoms with Crippen LogP contribution < -0.4 is 0 Å². The average Bonchev–Trinajstić information content (AvgIpc) is 2.21. The van der Waals surface area contributed by atoms with E-state index in [0.717, 1.165) is 30.5 Å². The summed E-state index contributed by atoms with van der Waals surface area (Å²) in [5.74, 6) is 0. The normalized spacial score (nSPS) is 11.6. The van der Waals surface area contributed by atoms with E-state index in [0.29, 0.717) is 0 Å². The van der Waals surface area contributed by atoms with E-state index in [2.05, 4.69) is 12.1 Å². The third-order valence-corrected chi connectivity index (χ3v) is 1.99. The Kier molecular flexibility index (Phi) is 4.03. The highest BCUT2D eigenvalue weighted by Gasteiger charge is 2.01. The SMILES string of the molecule is CCCC/C(=N\O)c1ccccc1. The maximum atomic E-state index is 8.79. The van der Waals surface area contributed by atoms with Crippen molar-refractivity contribution in [3.05, 3.63) is 35.9 Å². The summed E-state index contributed by atoms with van der Waals surface area (Å²) < 4.78 is 0. The molecule has 2 nitrogen and oxygen atoms in total. The number of nitrogens with zero attached hydrogens (tertiary/aromatic N) is 1. The highest BCUT2D eigenvalue weighted by molar-refractivity contribution is 6.00. The summed E-state index contributed by atoms with van der Waals surface area (Å²) in [6.07, 6.45) is 3.02.